The summed E-state index contributed by atoms with van der Waals surface area (Å²) < 4.78 is 16.8. The number of ether oxygens (including phenoxy) is 3. The molecule has 120 valence electrons. The molecule has 0 bridgehead atoms. The summed E-state index contributed by atoms with van der Waals surface area (Å²) in [7, 11) is 1.70. The van der Waals surface area contributed by atoms with E-state index in [1.54, 1.807) is 7.11 Å². The Morgan fingerprint density at radius 3 is 2.57 bits per heavy atom. The minimum absolute atomic E-state index is 0.0885. The summed E-state index contributed by atoms with van der Waals surface area (Å²) in [5.41, 5.74) is 1.14. The Kier molecular flexibility index (Phi) is 9.06. The van der Waals surface area contributed by atoms with Gasteiger partial charge in [0.25, 0.3) is 0 Å². The quantitative estimate of drug-likeness (QED) is 0.680. The van der Waals surface area contributed by atoms with E-state index >= 15 is 0 Å². The average molecular weight is 295 g/mol. The van der Waals surface area contributed by atoms with Gasteiger partial charge in [0, 0.05) is 12.2 Å². The lowest BCUT2D eigenvalue weighted by Crippen LogP contribution is -2.29. The Morgan fingerprint density at radius 1 is 1.14 bits per heavy atom. The predicted octanol–water partition coefficient (Wildman–Crippen LogP) is 3.18. The molecule has 0 aromatic heterocycles. The number of rotatable bonds is 11. The van der Waals surface area contributed by atoms with E-state index in [4.69, 9.17) is 14.2 Å². The Bertz CT molecular complexity index is 384. The first kappa shape index (κ1) is 18.0. The molecule has 1 N–H and O–H groups in total. The van der Waals surface area contributed by atoms with Gasteiger partial charge in [-0.05, 0) is 32.9 Å². The molecular weight excluding hydrogens is 266 g/mol. The van der Waals surface area contributed by atoms with Crippen molar-refractivity contribution < 1.29 is 14.2 Å². The molecular formula is C17H29NO3. The van der Waals surface area contributed by atoms with Crippen LogP contribution < -0.4 is 10.1 Å². The van der Waals surface area contributed by atoms with Crippen LogP contribution in [0.15, 0.2) is 24.3 Å². The molecule has 1 aromatic rings. The van der Waals surface area contributed by atoms with E-state index in [9.17, 15) is 0 Å². The third kappa shape index (κ3) is 6.46. The lowest BCUT2D eigenvalue weighted by atomic mass is 10.1. The van der Waals surface area contributed by atoms with E-state index in [0.29, 0.717) is 13.2 Å². The minimum atomic E-state index is 0.0885. The highest BCUT2D eigenvalue weighted by molar-refractivity contribution is 5.35. The van der Waals surface area contributed by atoms with Gasteiger partial charge in [-0.2, -0.15) is 0 Å². The molecule has 4 heteroatoms. The topological polar surface area (TPSA) is 39.7 Å². The van der Waals surface area contributed by atoms with Gasteiger partial charge < -0.3 is 19.5 Å². The fourth-order valence-corrected chi connectivity index (χ4v) is 2.12. The van der Waals surface area contributed by atoms with Crippen molar-refractivity contribution >= 4 is 0 Å². The molecule has 0 saturated heterocycles. The number of methoxy groups -OCH3 is 1. The van der Waals surface area contributed by atoms with Gasteiger partial charge in [0.2, 0.25) is 0 Å². The molecule has 0 spiro atoms. The molecule has 0 fully saturated rings. The average Bonchev–Trinajstić information content (AvgIpc) is 2.53. The molecule has 21 heavy (non-hydrogen) atoms. The van der Waals surface area contributed by atoms with Crippen LogP contribution in [-0.4, -0.2) is 39.6 Å². The second-order valence-electron chi connectivity index (χ2n) is 5.05. The van der Waals surface area contributed by atoms with Crippen LogP contribution in [0.5, 0.6) is 5.75 Å². The second kappa shape index (κ2) is 10.6. The number of benzene rings is 1. The number of nitrogens with one attached hydrogen (secondary N) is 1. The van der Waals surface area contributed by atoms with E-state index in [0.717, 1.165) is 30.9 Å². The largest absolute Gasteiger partial charge is 0.496 e. The molecule has 0 amide bonds. The first-order valence-corrected chi connectivity index (χ1v) is 7.78. The monoisotopic (exact) mass is 295 g/mol. The molecule has 1 rings (SSSR count). The fourth-order valence-electron chi connectivity index (χ4n) is 2.12. The standard InChI is InChI=1S/C17H29NO3/c1-5-11-18-16(13-21-14(3)12-20-6-2)15-9-7-8-10-17(15)19-4/h7-10,14,16,18H,5-6,11-13H2,1-4H3. The summed E-state index contributed by atoms with van der Waals surface area (Å²) in [6, 6.07) is 8.22. The van der Waals surface area contributed by atoms with Crippen molar-refractivity contribution in [2.45, 2.75) is 39.3 Å². The first-order chi connectivity index (χ1) is 10.2. The zero-order valence-corrected chi connectivity index (χ0v) is 13.7. The van der Waals surface area contributed by atoms with Crippen molar-refractivity contribution in [3.05, 3.63) is 29.8 Å². The van der Waals surface area contributed by atoms with Gasteiger partial charge in [-0.25, -0.2) is 0 Å². The van der Waals surface area contributed by atoms with Gasteiger partial charge in [0.1, 0.15) is 5.75 Å². The smallest absolute Gasteiger partial charge is 0.123 e. The highest BCUT2D eigenvalue weighted by Gasteiger charge is 2.16. The summed E-state index contributed by atoms with van der Waals surface area (Å²) in [6.45, 7) is 9.09. The van der Waals surface area contributed by atoms with Crippen LogP contribution >= 0.6 is 0 Å². The van der Waals surface area contributed by atoms with Crippen LogP contribution in [-0.2, 0) is 9.47 Å². The van der Waals surface area contributed by atoms with E-state index in [2.05, 4.69) is 18.3 Å². The van der Waals surface area contributed by atoms with Crippen LogP contribution in [0, 0.1) is 0 Å². The highest BCUT2D eigenvalue weighted by Crippen LogP contribution is 2.25. The van der Waals surface area contributed by atoms with Gasteiger partial charge in [0.15, 0.2) is 0 Å². The highest BCUT2D eigenvalue weighted by atomic mass is 16.5. The van der Waals surface area contributed by atoms with E-state index in [1.165, 1.54) is 0 Å². The zero-order valence-electron chi connectivity index (χ0n) is 13.7. The van der Waals surface area contributed by atoms with E-state index in [1.807, 2.05) is 32.0 Å². The second-order valence-corrected chi connectivity index (χ2v) is 5.05. The van der Waals surface area contributed by atoms with Crippen LogP contribution in [0.2, 0.25) is 0 Å². The first-order valence-electron chi connectivity index (χ1n) is 7.78. The third-order valence-electron chi connectivity index (χ3n) is 3.26. The van der Waals surface area contributed by atoms with Crippen molar-refractivity contribution in [3.8, 4) is 5.75 Å². The summed E-state index contributed by atoms with van der Waals surface area (Å²) in [5.74, 6) is 0.896. The van der Waals surface area contributed by atoms with Crippen LogP contribution in [0.25, 0.3) is 0 Å². The Hall–Kier alpha value is -1.10. The molecule has 0 heterocycles. The minimum Gasteiger partial charge on any atom is -0.496 e. The summed E-state index contributed by atoms with van der Waals surface area (Å²) in [5, 5.41) is 3.53. The maximum absolute atomic E-state index is 5.91. The molecule has 2 atom stereocenters. The van der Waals surface area contributed by atoms with Gasteiger partial charge in [-0.1, -0.05) is 25.1 Å². The van der Waals surface area contributed by atoms with Gasteiger partial charge in [-0.15, -0.1) is 0 Å². The number of hydrogen-bond donors (Lipinski definition) is 1. The summed E-state index contributed by atoms with van der Waals surface area (Å²) in [6.07, 6.45) is 1.17. The molecule has 0 saturated carbocycles. The molecule has 1 aromatic carbocycles. The van der Waals surface area contributed by atoms with Gasteiger partial charge in [0.05, 0.1) is 32.5 Å². The lowest BCUT2D eigenvalue weighted by molar-refractivity contribution is -0.0118. The van der Waals surface area contributed by atoms with E-state index in [-0.39, 0.29) is 12.1 Å². The van der Waals surface area contributed by atoms with Crippen LogP contribution in [0.1, 0.15) is 38.8 Å². The van der Waals surface area contributed by atoms with Gasteiger partial charge >= 0.3 is 0 Å². The predicted molar refractivity (Wildman–Crippen MR) is 85.9 cm³/mol. The van der Waals surface area contributed by atoms with Crippen molar-refractivity contribution in [1.29, 1.82) is 0 Å². The van der Waals surface area contributed by atoms with Crippen molar-refractivity contribution in [2.75, 3.05) is 33.5 Å². The SMILES string of the molecule is CCCNC(COC(C)COCC)c1ccccc1OC. The molecule has 0 aliphatic heterocycles. The third-order valence-corrected chi connectivity index (χ3v) is 3.26. The summed E-state index contributed by atoms with van der Waals surface area (Å²) >= 11 is 0. The molecule has 0 radical (unpaired) electrons. The maximum Gasteiger partial charge on any atom is 0.123 e. The maximum atomic E-state index is 5.91. The lowest BCUT2D eigenvalue weighted by Gasteiger charge is -2.23. The normalized spacial score (nSPS) is 13.9. The van der Waals surface area contributed by atoms with Crippen LogP contribution in [0.3, 0.4) is 0 Å². The van der Waals surface area contributed by atoms with Crippen molar-refractivity contribution in [3.63, 3.8) is 0 Å². The molecule has 0 aliphatic carbocycles. The molecule has 0 aliphatic rings. The fraction of sp³-hybridized carbons (Fsp3) is 0.647. The Morgan fingerprint density at radius 2 is 1.90 bits per heavy atom. The number of hydrogen-bond acceptors (Lipinski definition) is 4. The Balaban J connectivity index is 2.66. The van der Waals surface area contributed by atoms with Crippen molar-refractivity contribution in [2.24, 2.45) is 0 Å². The Labute approximate surface area is 128 Å². The zero-order chi connectivity index (χ0) is 15.5. The summed E-state index contributed by atoms with van der Waals surface area (Å²) in [4.78, 5) is 0. The molecule has 4 nitrogen and oxygen atoms in total. The number of para-hydroxylation sites is 1. The molecule has 2 unspecified atom stereocenters. The van der Waals surface area contributed by atoms with Crippen molar-refractivity contribution in [1.82, 2.24) is 5.32 Å². The van der Waals surface area contributed by atoms with Crippen LogP contribution in [0.4, 0.5) is 0 Å². The van der Waals surface area contributed by atoms with E-state index < -0.39 is 0 Å². The van der Waals surface area contributed by atoms with Gasteiger partial charge in [-0.3, -0.25) is 0 Å².